The van der Waals surface area contributed by atoms with Crippen molar-refractivity contribution >= 4 is 11.6 Å². The Morgan fingerprint density at radius 3 is 2.71 bits per heavy atom. The van der Waals surface area contributed by atoms with Crippen LogP contribution in [0, 0.1) is 6.92 Å². The van der Waals surface area contributed by atoms with Gasteiger partial charge in [0.1, 0.15) is 5.15 Å². The van der Waals surface area contributed by atoms with Crippen molar-refractivity contribution in [3.63, 3.8) is 0 Å². The lowest BCUT2D eigenvalue weighted by Crippen LogP contribution is -2.15. The lowest BCUT2D eigenvalue weighted by molar-refractivity contribution is -0.0273. The average molecular weight is 222 g/mol. The molecule has 2 nitrogen and oxygen atoms in total. The lowest BCUT2D eigenvalue weighted by Gasteiger charge is -2.15. The van der Waals surface area contributed by atoms with Gasteiger partial charge in [0.25, 0.3) is 5.92 Å². The van der Waals surface area contributed by atoms with Crippen molar-refractivity contribution in [1.82, 2.24) is 4.98 Å². The van der Waals surface area contributed by atoms with Gasteiger partial charge >= 0.3 is 0 Å². The van der Waals surface area contributed by atoms with Crippen LogP contribution in [0.4, 0.5) is 8.78 Å². The zero-order valence-electron chi connectivity index (χ0n) is 7.60. The largest absolute Gasteiger partial charge is 0.396 e. The molecule has 14 heavy (non-hydrogen) atoms. The van der Waals surface area contributed by atoms with Crippen LogP contribution in [0.15, 0.2) is 12.3 Å². The first-order valence-corrected chi connectivity index (χ1v) is 4.46. The number of aliphatic hydroxyl groups excluding tert-OH is 1. The Bertz CT molecular complexity index is 331. The van der Waals surface area contributed by atoms with Crippen LogP contribution < -0.4 is 0 Å². The van der Waals surface area contributed by atoms with E-state index >= 15 is 0 Å². The summed E-state index contributed by atoms with van der Waals surface area (Å²) in [6.45, 7) is 1.04. The molecule has 78 valence electrons. The number of hydrogen-bond acceptors (Lipinski definition) is 2. The zero-order chi connectivity index (χ0) is 10.8. The van der Waals surface area contributed by atoms with Gasteiger partial charge in [-0.1, -0.05) is 11.6 Å². The monoisotopic (exact) mass is 221 g/mol. The maximum absolute atomic E-state index is 13.2. The van der Waals surface area contributed by atoms with Crippen molar-refractivity contribution in [2.75, 3.05) is 6.61 Å². The average Bonchev–Trinajstić information content (AvgIpc) is 2.09. The summed E-state index contributed by atoms with van der Waals surface area (Å²) in [6, 6.07) is 1.28. The van der Waals surface area contributed by atoms with E-state index < -0.39 is 19.0 Å². The third-order valence-corrected chi connectivity index (χ3v) is 2.26. The summed E-state index contributed by atoms with van der Waals surface area (Å²) >= 11 is 5.60. The highest BCUT2D eigenvalue weighted by atomic mass is 35.5. The van der Waals surface area contributed by atoms with Gasteiger partial charge in [-0.2, -0.15) is 0 Å². The number of nitrogens with zero attached hydrogens (tertiary/aromatic N) is 1. The number of rotatable bonds is 3. The molecule has 0 aliphatic carbocycles. The molecule has 1 rings (SSSR count). The van der Waals surface area contributed by atoms with E-state index in [1.54, 1.807) is 6.92 Å². The first-order chi connectivity index (χ1) is 6.47. The normalized spacial score (nSPS) is 11.8. The van der Waals surface area contributed by atoms with E-state index in [4.69, 9.17) is 16.7 Å². The van der Waals surface area contributed by atoms with E-state index in [-0.39, 0.29) is 10.7 Å². The Hall–Kier alpha value is -0.740. The number of hydrogen-bond donors (Lipinski definition) is 1. The fraction of sp³-hybridized carbons (Fsp3) is 0.444. The Morgan fingerprint density at radius 2 is 2.21 bits per heavy atom. The quantitative estimate of drug-likeness (QED) is 0.796. The highest BCUT2D eigenvalue weighted by Gasteiger charge is 2.31. The number of pyridine rings is 1. The van der Waals surface area contributed by atoms with E-state index in [0.717, 1.165) is 6.20 Å². The molecule has 1 aromatic rings. The van der Waals surface area contributed by atoms with Crippen molar-refractivity contribution in [2.45, 2.75) is 19.3 Å². The third kappa shape index (κ3) is 2.39. The summed E-state index contributed by atoms with van der Waals surface area (Å²) in [4.78, 5) is 3.63. The zero-order valence-corrected chi connectivity index (χ0v) is 8.35. The fourth-order valence-corrected chi connectivity index (χ4v) is 1.15. The predicted octanol–water partition coefficient (Wildman–Crippen LogP) is 2.52. The molecule has 1 aromatic heterocycles. The minimum absolute atomic E-state index is 0.214. The van der Waals surface area contributed by atoms with Crippen molar-refractivity contribution in [3.05, 3.63) is 28.5 Å². The molecule has 0 atom stereocenters. The number of aromatic nitrogens is 1. The molecule has 0 aliphatic rings. The number of alkyl halides is 2. The van der Waals surface area contributed by atoms with E-state index in [1.165, 1.54) is 6.07 Å². The first-order valence-electron chi connectivity index (χ1n) is 4.08. The minimum atomic E-state index is -3.04. The molecule has 0 saturated carbocycles. The van der Waals surface area contributed by atoms with Gasteiger partial charge in [-0.25, -0.2) is 13.8 Å². The second-order valence-corrected chi connectivity index (χ2v) is 3.37. The van der Waals surface area contributed by atoms with Crippen molar-refractivity contribution in [1.29, 1.82) is 0 Å². The molecule has 0 saturated heterocycles. The second kappa shape index (κ2) is 4.19. The Balaban J connectivity index is 3.01. The summed E-state index contributed by atoms with van der Waals surface area (Å²) in [5.74, 6) is -3.04. The van der Waals surface area contributed by atoms with E-state index in [1.807, 2.05) is 0 Å². The molecule has 0 spiro atoms. The summed E-state index contributed by atoms with van der Waals surface area (Å²) in [5, 5.41) is 8.68. The molecular formula is C9H10ClF2NO. The summed E-state index contributed by atoms with van der Waals surface area (Å²) in [7, 11) is 0. The summed E-state index contributed by atoms with van der Waals surface area (Å²) < 4.78 is 26.4. The van der Waals surface area contributed by atoms with E-state index in [0.29, 0.717) is 5.56 Å². The molecule has 1 heterocycles. The number of aryl methyl sites for hydroxylation is 1. The molecule has 1 N–H and O–H groups in total. The Kier molecular flexibility index (Phi) is 3.39. The maximum Gasteiger partial charge on any atom is 0.276 e. The molecule has 0 unspecified atom stereocenters. The SMILES string of the molecule is Cc1cc(C(F)(F)CCO)cnc1Cl. The van der Waals surface area contributed by atoms with Gasteiger partial charge in [-0.15, -0.1) is 0 Å². The topological polar surface area (TPSA) is 33.1 Å². The van der Waals surface area contributed by atoms with Crippen LogP contribution in [-0.2, 0) is 5.92 Å². The minimum Gasteiger partial charge on any atom is -0.396 e. The predicted molar refractivity (Wildman–Crippen MR) is 49.6 cm³/mol. The number of halogens is 3. The van der Waals surface area contributed by atoms with Gasteiger partial charge in [-0.05, 0) is 18.6 Å². The molecule has 0 bridgehead atoms. The summed E-state index contributed by atoms with van der Waals surface area (Å²) in [5.41, 5.74) is 0.287. The van der Waals surface area contributed by atoms with Gasteiger partial charge < -0.3 is 5.11 Å². The van der Waals surface area contributed by atoms with Crippen LogP contribution in [0.2, 0.25) is 5.15 Å². The lowest BCUT2D eigenvalue weighted by atomic mass is 10.1. The van der Waals surface area contributed by atoms with Crippen LogP contribution in [0.1, 0.15) is 17.5 Å². The second-order valence-electron chi connectivity index (χ2n) is 3.01. The van der Waals surface area contributed by atoms with Crippen molar-refractivity contribution in [2.24, 2.45) is 0 Å². The van der Waals surface area contributed by atoms with Crippen LogP contribution >= 0.6 is 11.6 Å². The molecule has 0 radical (unpaired) electrons. The van der Waals surface area contributed by atoms with E-state index in [2.05, 4.69) is 4.98 Å². The molecular weight excluding hydrogens is 212 g/mol. The first kappa shape index (κ1) is 11.3. The highest BCUT2D eigenvalue weighted by molar-refractivity contribution is 6.30. The van der Waals surface area contributed by atoms with Gasteiger partial charge in [0.05, 0.1) is 0 Å². The molecule has 5 heteroatoms. The standard InChI is InChI=1S/C9H10ClF2NO/c1-6-4-7(5-13-8(6)10)9(11,12)2-3-14/h4-5,14H,2-3H2,1H3. The van der Waals surface area contributed by atoms with Crippen molar-refractivity contribution in [3.8, 4) is 0 Å². The Morgan fingerprint density at radius 1 is 1.57 bits per heavy atom. The highest BCUT2D eigenvalue weighted by Crippen LogP contribution is 2.32. The van der Waals surface area contributed by atoms with Gasteiger partial charge in [0.2, 0.25) is 0 Å². The smallest absolute Gasteiger partial charge is 0.276 e. The molecule has 0 aromatic carbocycles. The molecule has 0 aliphatic heterocycles. The van der Waals surface area contributed by atoms with Gasteiger partial charge in [-0.3, -0.25) is 0 Å². The maximum atomic E-state index is 13.2. The van der Waals surface area contributed by atoms with Gasteiger partial charge in [0, 0.05) is 24.8 Å². The van der Waals surface area contributed by atoms with Gasteiger partial charge in [0.15, 0.2) is 0 Å². The number of aliphatic hydroxyl groups is 1. The summed E-state index contributed by atoms with van der Waals surface area (Å²) in [6.07, 6.45) is 0.431. The van der Waals surface area contributed by atoms with E-state index in [9.17, 15) is 8.78 Å². The van der Waals surface area contributed by atoms with Crippen molar-refractivity contribution < 1.29 is 13.9 Å². The third-order valence-electron chi connectivity index (χ3n) is 1.86. The van der Waals surface area contributed by atoms with Crippen LogP contribution in [-0.4, -0.2) is 16.7 Å². The molecule has 0 amide bonds. The fourth-order valence-electron chi connectivity index (χ4n) is 1.04. The van der Waals surface area contributed by atoms with Crippen LogP contribution in [0.25, 0.3) is 0 Å². The molecule has 0 fully saturated rings. The van der Waals surface area contributed by atoms with Crippen LogP contribution in [0.5, 0.6) is 0 Å². The van der Waals surface area contributed by atoms with Crippen LogP contribution in [0.3, 0.4) is 0 Å². The Labute approximate surface area is 85.5 Å².